The minimum atomic E-state index is 0.204. The van der Waals surface area contributed by atoms with Gasteiger partial charge in [0.2, 0.25) is 0 Å². The van der Waals surface area contributed by atoms with Gasteiger partial charge in [-0.15, -0.1) is 0 Å². The minimum Gasteiger partial charge on any atom is -0.377 e. The summed E-state index contributed by atoms with van der Waals surface area (Å²) in [6, 6.07) is 0. The number of methoxy groups -OCH3 is 1. The van der Waals surface area contributed by atoms with Crippen molar-refractivity contribution in [1.82, 2.24) is 0 Å². The van der Waals surface area contributed by atoms with Crippen LogP contribution in [0.15, 0.2) is 0 Å². The lowest BCUT2D eigenvalue weighted by molar-refractivity contribution is -0.129. The molecular weight excluding hydrogens is 152 g/mol. The predicted octanol–water partition coefficient (Wildman–Crippen LogP) is 2.03. The molecule has 0 heterocycles. The van der Waals surface area contributed by atoms with Crippen molar-refractivity contribution >= 4 is 5.78 Å². The largest absolute Gasteiger partial charge is 0.377 e. The molecular formula is C10H18O2. The summed E-state index contributed by atoms with van der Waals surface area (Å²) in [5.74, 6) is 0.512. The van der Waals surface area contributed by atoms with E-state index in [2.05, 4.69) is 13.8 Å². The van der Waals surface area contributed by atoms with Gasteiger partial charge in [0.1, 0.15) is 6.61 Å². The second-order valence-corrected chi connectivity index (χ2v) is 4.33. The van der Waals surface area contributed by atoms with E-state index in [9.17, 15) is 4.79 Å². The molecule has 1 saturated carbocycles. The van der Waals surface area contributed by atoms with E-state index < -0.39 is 0 Å². The Kier molecular flexibility index (Phi) is 2.89. The van der Waals surface area contributed by atoms with Gasteiger partial charge < -0.3 is 4.74 Å². The Hall–Kier alpha value is -0.370. The highest BCUT2D eigenvalue weighted by atomic mass is 16.5. The molecule has 0 aromatic rings. The molecule has 0 aromatic carbocycles. The third kappa shape index (κ3) is 1.86. The van der Waals surface area contributed by atoms with E-state index in [1.54, 1.807) is 7.11 Å². The Morgan fingerprint density at radius 2 is 2.25 bits per heavy atom. The van der Waals surface area contributed by atoms with E-state index in [1.807, 2.05) is 0 Å². The smallest absolute Gasteiger partial charge is 0.162 e. The fourth-order valence-electron chi connectivity index (χ4n) is 2.17. The Labute approximate surface area is 74.3 Å². The molecule has 1 aliphatic rings. The van der Waals surface area contributed by atoms with E-state index in [0.717, 1.165) is 6.42 Å². The summed E-state index contributed by atoms with van der Waals surface area (Å²) in [5, 5.41) is 0. The van der Waals surface area contributed by atoms with Crippen LogP contribution in [-0.2, 0) is 9.53 Å². The van der Waals surface area contributed by atoms with E-state index in [0.29, 0.717) is 0 Å². The molecule has 2 nitrogen and oxygen atoms in total. The van der Waals surface area contributed by atoms with Crippen LogP contribution in [0.4, 0.5) is 0 Å². The first-order valence-electron chi connectivity index (χ1n) is 4.59. The van der Waals surface area contributed by atoms with Gasteiger partial charge in [0.25, 0.3) is 0 Å². The van der Waals surface area contributed by atoms with Crippen LogP contribution in [0.3, 0.4) is 0 Å². The molecule has 0 N–H and O–H groups in total. The highest BCUT2D eigenvalue weighted by Gasteiger charge is 2.38. The summed E-state index contributed by atoms with van der Waals surface area (Å²) in [6.45, 7) is 4.64. The number of Topliss-reactive ketones (excluding diaryl/α,β-unsaturated/α-hetero) is 1. The van der Waals surface area contributed by atoms with Crippen LogP contribution in [0, 0.1) is 11.3 Å². The fraction of sp³-hybridized carbons (Fsp3) is 0.900. The molecule has 0 saturated heterocycles. The molecule has 0 radical (unpaired) electrons. The van der Waals surface area contributed by atoms with E-state index in [4.69, 9.17) is 4.74 Å². The molecule has 0 aromatic heterocycles. The van der Waals surface area contributed by atoms with Crippen LogP contribution in [-0.4, -0.2) is 19.5 Å². The Balaban J connectivity index is 2.56. The second kappa shape index (κ2) is 3.56. The highest BCUT2D eigenvalue weighted by molar-refractivity contribution is 5.83. The van der Waals surface area contributed by atoms with Crippen molar-refractivity contribution < 1.29 is 9.53 Å². The average molecular weight is 170 g/mol. The lowest BCUT2D eigenvalue weighted by Crippen LogP contribution is -2.28. The van der Waals surface area contributed by atoms with Gasteiger partial charge in [-0.2, -0.15) is 0 Å². The monoisotopic (exact) mass is 170 g/mol. The number of ketones is 1. The SMILES string of the molecule is COCC(=O)C1CCCC1(C)C. The van der Waals surface area contributed by atoms with Gasteiger partial charge in [0.05, 0.1) is 0 Å². The first-order valence-corrected chi connectivity index (χ1v) is 4.59. The van der Waals surface area contributed by atoms with Crippen LogP contribution in [0.2, 0.25) is 0 Å². The Morgan fingerprint density at radius 1 is 1.58 bits per heavy atom. The number of rotatable bonds is 3. The molecule has 1 fully saturated rings. The van der Waals surface area contributed by atoms with Gasteiger partial charge in [0, 0.05) is 13.0 Å². The van der Waals surface area contributed by atoms with Crippen molar-refractivity contribution in [2.24, 2.45) is 11.3 Å². The van der Waals surface area contributed by atoms with Crippen molar-refractivity contribution in [1.29, 1.82) is 0 Å². The number of ether oxygens (including phenoxy) is 1. The zero-order chi connectivity index (χ0) is 9.19. The predicted molar refractivity (Wildman–Crippen MR) is 48.0 cm³/mol. The third-order valence-electron chi connectivity index (χ3n) is 2.93. The number of carbonyl (C=O) groups excluding carboxylic acids is 1. The third-order valence-corrected chi connectivity index (χ3v) is 2.93. The van der Waals surface area contributed by atoms with Crippen molar-refractivity contribution in [2.75, 3.05) is 13.7 Å². The Morgan fingerprint density at radius 3 is 2.67 bits per heavy atom. The minimum absolute atomic E-state index is 0.204. The number of hydrogen-bond acceptors (Lipinski definition) is 2. The van der Waals surface area contributed by atoms with Gasteiger partial charge in [-0.1, -0.05) is 20.3 Å². The van der Waals surface area contributed by atoms with E-state index in [-0.39, 0.29) is 23.7 Å². The summed E-state index contributed by atoms with van der Waals surface area (Å²) >= 11 is 0. The maximum absolute atomic E-state index is 11.5. The lowest BCUT2D eigenvalue weighted by Gasteiger charge is -2.25. The quantitative estimate of drug-likeness (QED) is 0.647. The Bertz CT molecular complexity index is 173. The van der Waals surface area contributed by atoms with E-state index in [1.165, 1.54) is 12.8 Å². The molecule has 0 bridgehead atoms. The van der Waals surface area contributed by atoms with Gasteiger partial charge >= 0.3 is 0 Å². The molecule has 70 valence electrons. The maximum atomic E-state index is 11.5. The van der Waals surface area contributed by atoms with Crippen molar-refractivity contribution in [3.8, 4) is 0 Å². The topological polar surface area (TPSA) is 26.3 Å². The molecule has 0 amide bonds. The second-order valence-electron chi connectivity index (χ2n) is 4.33. The van der Waals surface area contributed by atoms with Crippen LogP contribution in [0.5, 0.6) is 0 Å². The average Bonchev–Trinajstić information content (AvgIpc) is 2.30. The van der Waals surface area contributed by atoms with Gasteiger partial charge in [-0.3, -0.25) is 4.79 Å². The molecule has 1 unspecified atom stereocenters. The van der Waals surface area contributed by atoms with Crippen LogP contribution in [0.1, 0.15) is 33.1 Å². The lowest BCUT2D eigenvalue weighted by atomic mass is 9.79. The first kappa shape index (κ1) is 9.72. The van der Waals surface area contributed by atoms with Crippen LogP contribution < -0.4 is 0 Å². The van der Waals surface area contributed by atoms with Crippen LogP contribution in [0.25, 0.3) is 0 Å². The van der Waals surface area contributed by atoms with Gasteiger partial charge in [0.15, 0.2) is 5.78 Å². The zero-order valence-electron chi connectivity index (χ0n) is 8.22. The summed E-state index contributed by atoms with van der Waals surface area (Å²) < 4.78 is 4.86. The standard InChI is InChI=1S/C10H18O2/c1-10(2)6-4-5-8(10)9(11)7-12-3/h8H,4-7H2,1-3H3. The van der Waals surface area contributed by atoms with Crippen LogP contribution >= 0.6 is 0 Å². The number of hydrogen-bond donors (Lipinski definition) is 0. The molecule has 0 aliphatic heterocycles. The molecule has 12 heavy (non-hydrogen) atoms. The van der Waals surface area contributed by atoms with Crippen molar-refractivity contribution in [3.63, 3.8) is 0 Å². The van der Waals surface area contributed by atoms with Crippen molar-refractivity contribution in [2.45, 2.75) is 33.1 Å². The van der Waals surface area contributed by atoms with Gasteiger partial charge in [-0.05, 0) is 18.3 Å². The summed E-state index contributed by atoms with van der Waals surface area (Å²) in [6.07, 6.45) is 3.41. The maximum Gasteiger partial charge on any atom is 0.162 e. The summed E-state index contributed by atoms with van der Waals surface area (Å²) in [5.41, 5.74) is 0.204. The zero-order valence-corrected chi connectivity index (χ0v) is 8.22. The van der Waals surface area contributed by atoms with E-state index >= 15 is 0 Å². The van der Waals surface area contributed by atoms with Gasteiger partial charge in [-0.25, -0.2) is 0 Å². The summed E-state index contributed by atoms with van der Waals surface area (Å²) in [7, 11) is 1.58. The first-order chi connectivity index (χ1) is 5.58. The molecule has 2 heteroatoms. The molecule has 1 aliphatic carbocycles. The normalized spacial score (nSPS) is 27.4. The highest BCUT2D eigenvalue weighted by Crippen LogP contribution is 2.42. The summed E-state index contributed by atoms with van der Waals surface area (Å²) in [4.78, 5) is 11.5. The molecule has 0 spiro atoms. The van der Waals surface area contributed by atoms with Crippen molar-refractivity contribution in [3.05, 3.63) is 0 Å². The fourth-order valence-corrected chi connectivity index (χ4v) is 2.17. The molecule has 1 atom stereocenters. The number of carbonyl (C=O) groups is 1. The molecule has 1 rings (SSSR count).